The standard InChI is InChI=1S/C15H16NOS/c1-2-12-11-17-15-8-4-3-7-14(15)16(12)10-13-6-5-9-18-13/h3-10,12H,2,11H2,1H3/q+1. The fourth-order valence-corrected chi connectivity index (χ4v) is 2.89. The van der Waals surface area contributed by atoms with Gasteiger partial charge in [0.15, 0.2) is 24.6 Å². The first kappa shape index (κ1) is 11.5. The van der Waals surface area contributed by atoms with E-state index in [0.717, 1.165) is 18.8 Å². The van der Waals surface area contributed by atoms with Gasteiger partial charge in [0.1, 0.15) is 0 Å². The second kappa shape index (κ2) is 4.94. The number of fused-ring (bicyclic) bond motifs is 1. The van der Waals surface area contributed by atoms with Crippen molar-refractivity contribution in [2.24, 2.45) is 0 Å². The van der Waals surface area contributed by atoms with Gasteiger partial charge in [-0.05, 0) is 17.5 Å². The van der Waals surface area contributed by atoms with Gasteiger partial charge in [0.2, 0.25) is 5.69 Å². The predicted octanol–water partition coefficient (Wildman–Crippen LogP) is 3.68. The largest absolute Gasteiger partial charge is 0.480 e. The van der Waals surface area contributed by atoms with Crippen LogP contribution in [0.5, 0.6) is 5.75 Å². The maximum atomic E-state index is 5.82. The molecule has 0 fully saturated rings. The third-order valence-electron chi connectivity index (χ3n) is 3.25. The van der Waals surface area contributed by atoms with Crippen molar-refractivity contribution in [3.8, 4) is 5.75 Å². The summed E-state index contributed by atoms with van der Waals surface area (Å²) in [5.74, 6) is 0.981. The summed E-state index contributed by atoms with van der Waals surface area (Å²) in [6.07, 6.45) is 3.32. The van der Waals surface area contributed by atoms with Crippen LogP contribution < -0.4 is 4.74 Å². The number of benzene rings is 1. The Bertz CT molecular complexity index is 560. The lowest BCUT2D eigenvalue weighted by Crippen LogP contribution is -2.33. The van der Waals surface area contributed by atoms with Crippen LogP contribution in [0.4, 0.5) is 5.69 Å². The van der Waals surface area contributed by atoms with E-state index in [9.17, 15) is 0 Å². The van der Waals surface area contributed by atoms with E-state index in [1.54, 1.807) is 11.3 Å². The minimum Gasteiger partial charge on any atom is -0.480 e. The van der Waals surface area contributed by atoms with Crippen LogP contribution in [0.3, 0.4) is 0 Å². The number of nitrogens with zero attached hydrogens (tertiary/aromatic N) is 1. The molecule has 0 saturated carbocycles. The minimum atomic E-state index is 0.419. The monoisotopic (exact) mass is 258 g/mol. The molecule has 1 unspecified atom stereocenters. The normalized spacial score (nSPS) is 20.5. The fourth-order valence-electron chi connectivity index (χ4n) is 2.25. The molecule has 0 N–H and O–H groups in total. The Morgan fingerprint density at radius 2 is 2.22 bits per heavy atom. The smallest absolute Gasteiger partial charge is 0.247 e. The molecule has 0 bridgehead atoms. The van der Waals surface area contributed by atoms with Gasteiger partial charge >= 0.3 is 0 Å². The van der Waals surface area contributed by atoms with Gasteiger partial charge in [0.25, 0.3) is 0 Å². The number of rotatable bonds is 2. The topological polar surface area (TPSA) is 12.2 Å². The molecule has 0 spiro atoms. The van der Waals surface area contributed by atoms with Crippen molar-refractivity contribution in [1.82, 2.24) is 0 Å². The lowest BCUT2D eigenvalue weighted by molar-refractivity contribution is -0.492. The Kier molecular flexibility index (Phi) is 3.15. The second-order valence-corrected chi connectivity index (χ2v) is 5.37. The van der Waals surface area contributed by atoms with Gasteiger partial charge in [0.05, 0.1) is 4.88 Å². The van der Waals surface area contributed by atoms with Gasteiger partial charge in [0, 0.05) is 12.5 Å². The van der Waals surface area contributed by atoms with Gasteiger partial charge < -0.3 is 4.74 Å². The molecule has 1 aliphatic rings. The Hall–Kier alpha value is -1.61. The average molecular weight is 258 g/mol. The highest BCUT2D eigenvalue weighted by Gasteiger charge is 2.30. The average Bonchev–Trinajstić information content (AvgIpc) is 2.92. The van der Waals surface area contributed by atoms with Gasteiger partial charge in [-0.3, -0.25) is 0 Å². The van der Waals surface area contributed by atoms with Crippen molar-refractivity contribution in [3.63, 3.8) is 0 Å². The van der Waals surface area contributed by atoms with Crippen LogP contribution in [0.25, 0.3) is 0 Å². The molecular weight excluding hydrogens is 242 g/mol. The molecule has 1 aromatic carbocycles. The number of thiophene rings is 1. The van der Waals surface area contributed by atoms with E-state index in [1.165, 1.54) is 10.6 Å². The molecule has 0 amide bonds. The predicted molar refractivity (Wildman–Crippen MR) is 75.4 cm³/mol. The SMILES string of the molecule is CCC1COc2ccccc2[N+]1=Cc1cccs1. The molecule has 0 aliphatic carbocycles. The van der Waals surface area contributed by atoms with E-state index < -0.39 is 0 Å². The number of hydrogen-bond donors (Lipinski definition) is 0. The van der Waals surface area contributed by atoms with Crippen molar-refractivity contribution in [2.75, 3.05) is 6.61 Å². The van der Waals surface area contributed by atoms with Crippen molar-refractivity contribution in [3.05, 3.63) is 46.7 Å². The van der Waals surface area contributed by atoms with Gasteiger partial charge in [-0.1, -0.05) is 25.1 Å². The molecular formula is C15H16NOS+. The van der Waals surface area contributed by atoms with Crippen molar-refractivity contribution in [1.29, 1.82) is 0 Å². The van der Waals surface area contributed by atoms with E-state index in [2.05, 4.69) is 47.4 Å². The van der Waals surface area contributed by atoms with Crippen LogP contribution in [0.15, 0.2) is 41.8 Å². The number of hydrogen-bond acceptors (Lipinski definition) is 2. The summed E-state index contributed by atoms with van der Waals surface area (Å²) in [6, 6.07) is 12.9. The molecule has 3 rings (SSSR count). The number of ether oxygens (including phenoxy) is 1. The lowest BCUT2D eigenvalue weighted by Gasteiger charge is -2.21. The number of para-hydroxylation sites is 2. The van der Waals surface area contributed by atoms with Gasteiger partial charge in [-0.2, -0.15) is 4.58 Å². The second-order valence-electron chi connectivity index (χ2n) is 4.39. The quantitative estimate of drug-likeness (QED) is 0.748. The molecule has 92 valence electrons. The van der Waals surface area contributed by atoms with Crippen molar-refractivity contribution in [2.45, 2.75) is 19.4 Å². The minimum absolute atomic E-state index is 0.419. The van der Waals surface area contributed by atoms with Crippen LogP contribution in [0.1, 0.15) is 18.2 Å². The zero-order valence-electron chi connectivity index (χ0n) is 10.4. The summed E-state index contributed by atoms with van der Waals surface area (Å²) < 4.78 is 8.17. The lowest BCUT2D eigenvalue weighted by atomic mass is 10.1. The fraction of sp³-hybridized carbons (Fsp3) is 0.267. The molecule has 2 aromatic rings. The Labute approximate surface area is 111 Å². The summed E-state index contributed by atoms with van der Waals surface area (Å²) in [6.45, 7) is 2.96. The van der Waals surface area contributed by atoms with Crippen LogP contribution in [0, 0.1) is 0 Å². The third kappa shape index (κ3) is 2.06. The zero-order chi connectivity index (χ0) is 12.4. The molecule has 0 radical (unpaired) electrons. The molecule has 1 aromatic heterocycles. The van der Waals surface area contributed by atoms with Crippen molar-refractivity contribution >= 4 is 23.2 Å². The summed E-state index contributed by atoms with van der Waals surface area (Å²) >= 11 is 1.77. The van der Waals surface area contributed by atoms with E-state index in [1.807, 2.05) is 12.1 Å². The van der Waals surface area contributed by atoms with Crippen LogP contribution in [0.2, 0.25) is 0 Å². The molecule has 1 aliphatic heterocycles. The Morgan fingerprint density at radius 3 is 3.00 bits per heavy atom. The highest BCUT2D eigenvalue weighted by molar-refractivity contribution is 7.11. The Morgan fingerprint density at radius 1 is 1.33 bits per heavy atom. The molecule has 18 heavy (non-hydrogen) atoms. The molecule has 1 atom stereocenters. The van der Waals surface area contributed by atoms with Crippen LogP contribution in [-0.4, -0.2) is 23.4 Å². The summed E-state index contributed by atoms with van der Waals surface area (Å²) in [5, 5.41) is 2.11. The van der Waals surface area contributed by atoms with Crippen LogP contribution >= 0.6 is 11.3 Å². The summed E-state index contributed by atoms with van der Waals surface area (Å²) in [5.41, 5.74) is 1.17. The maximum absolute atomic E-state index is 5.82. The van der Waals surface area contributed by atoms with E-state index in [-0.39, 0.29) is 0 Å². The molecule has 2 nitrogen and oxygen atoms in total. The highest BCUT2D eigenvalue weighted by Crippen LogP contribution is 2.32. The molecule has 0 saturated heterocycles. The summed E-state index contributed by atoms with van der Waals surface area (Å²) in [4.78, 5) is 1.28. The van der Waals surface area contributed by atoms with E-state index >= 15 is 0 Å². The first-order valence-corrected chi connectivity index (χ1v) is 7.15. The molecule has 2 heterocycles. The van der Waals surface area contributed by atoms with E-state index in [0.29, 0.717) is 6.04 Å². The van der Waals surface area contributed by atoms with Crippen LogP contribution in [-0.2, 0) is 0 Å². The van der Waals surface area contributed by atoms with Crippen molar-refractivity contribution < 1.29 is 9.31 Å². The van der Waals surface area contributed by atoms with Gasteiger partial charge in [-0.25, -0.2) is 0 Å². The third-order valence-corrected chi connectivity index (χ3v) is 4.06. The van der Waals surface area contributed by atoms with E-state index in [4.69, 9.17) is 4.74 Å². The summed E-state index contributed by atoms with van der Waals surface area (Å²) in [7, 11) is 0. The highest BCUT2D eigenvalue weighted by atomic mass is 32.1. The zero-order valence-corrected chi connectivity index (χ0v) is 11.2. The first-order valence-electron chi connectivity index (χ1n) is 6.27. The van der Waals surface area contributed by atoms with Gasteiger partial charge in [-0.15, -0.1) is 11.3 Å². The molecule has 3 heteroatoms. The Balaban J connectivity index is 2.09. The maximum Gasteiger partial charge on any atom is 0.247 e. The first-order chi connectivity index (χ1) is 8.88.